The van der Waals surface area contributed by atoms with Gasteiger partial charge in [-0.3, -0.25) is 0 Å². The minimum atomic E-state index is -3.82. The summed E-state index contributed by atoms with van der Waals surface area (Å²) in [6.45, 7) is 0. The van der Waals surface area contributed by atoms with Crippen molar-refractivity contribution in [2.24, 2.45) is 0 Å². The quantitative estimate of drug-likeness (QED) is 0.740. The maximum Gasteiger partial charge on any atom is 0.335 e. The zero-order valence-electron chi connectivity index (χ0n) is 11.1. The molecule has 0 bridgehead atoms. The van der Waals surface area contributed by atoms with E-state index in [1.54, 1.807) is 0 Å². The first-order valence-corrected chi connectivity index (χ1v) is 8.82. The number of hydrogen-bond donors (Lipinski definition) is 3. The van der Waals surface area contributed by atoms with Crippen LogP contribution in [0.2, 0.25) is 0 Å². The van der Waals surface area contributed by atoms with Crippen molar-refractivity contribution in [1.29, 1.82) is 0 Å². The summed E-state index contributed by atoms with van der Waals surface area (Å²) in [7, 11) is -3.82. The van der Waals surface area contributed by atoms with Crippen LogP contribution in [0, 0.1) is 0 Å². The Morgan fingerprint density at radius 2 is 1.95 bits per heavy atom. The molecule has 1 aliphatic carbocycles. The second-order valence-electron chi connectivity index (χ2n) is 5.03. The van der Waals surface area contributed by atoms with Gasteiger partial charge in [-0.15, -0.1) is 0 Å². The van der Waals surface area contributed by atoms with Crippen molar-refractivity contribution >= 4 is 31.9 Å². The lowest BCUT2D eigenvalue weighted by molar-refractivity contribution is 0.0696. The van der Waals surface area contributed by atoms with Crippen molar-refractivity contribution in [1.82, 2.24) is 4.72 Å². The molecule has 8 heteroatoms. The van der Waals surface area contributed by atoms with Crippen LogP contribution >= 0.6 is 15.9 Å². The van der Waals surface area contributed by atoms with E-state index >= 15 is 0 Å². The van der Waals surface area contributed by atoms with E-state index in [0.29, 0.717) is 12.8 Å². The number of carboxylic acid groups (broad SMARTS) is 1. The van der Waals surface area contributed by atoms with Gasteiger partial charge >= 0.3 is 5.97 Å². The maximum absolute atomic E-state index is 12.3. The third kappa shape index (κ3) is 3.82. The number of rotatable bonds is 4. The van der Waals surface area contributed by atoms with Crippen molar-refractivity contribution in [3.05, 3.63) is 28.2 Å². The summed E-state index contributed by atoms with van der Waals surface area (Å²) >= 11 is 3.09. The Kier molecular flexibility index (Phi) is 5.03. The first kappa shape index (κ1) is 16.4. The Hall–Kier alpha value is -0.960. The van der Waals surface area contributed by atoms with Gasteiger partial charge in [0.05, 0.1) is 16.6 Å². The zero-order chi connectivity index (χ0) is 15.6. The third-order valence-electron chi connectivity index (χ3n) is 3.50. The predicted octanol–water partition coefficient (Wildman–Crippen LogP) is 1.73. The van der Waals surface area contributed by atoms with Gasteiger partial charge in [0.2, 0.25) is 10.0 Å². The largest absolute Gasteiger partial charge is 0.478 e. The molecule has 2 rings (SSSR count). The highest BCUT2D eigenvalue weighted by Crippen LogP contribution is 2.25. The summed E-state index contributed by atoms with van der Waals surface area (Å²) < 4.78 is 27.4. The van der Waals surface area contributed by atoms with E-state index in [1.807, 2.05) is 0 Å². The van der Waals surface area contributed by atoms with Crippen molar-refractivity contribution in [3.63, 3.8) is 0 Å². The second-order valence-corrected chi connectivity index (χ2v) is 7.57. The average molecular weight is 378 g/mol. The highest BCUT2D eigenvalue weighted by atomic mass is 79.9. The maximum atomic E-state index is 12.3. The van der Waals surface area contributed by atoms with Gasteiger partial charge in [0.1, 0.15) is 0 Å². The summed E-state index contributed by atoms with van der Waals surface area (Å²) in [5.41, 5.74) is -0.00136. The molecule has 0 aromatic heterocycles. The van der Waals surface area contributed by atoms with Crippen LogP contribution < -0.4 is 4.72 Å². The highest BCUT2D eigenvalue weighted by Gasteiger charge is 2.29. The summed E-state index contributed by atoms with van der Waals surface area (Å²) in [4.78, 5) is 10.8. The van der Waals surface area contributed by atoms with E-state index in [4.69, 9.17) is 5.11 Å². The summed E-state index contributed by atoms with van der Waals surface area (Å²) in [5, 5.41) is 18.7. The molecule has 21 heavy (non-hydrogen) atoms. The zero-order valence-corrected chi connectivity index (χ0v) is 13.5. The number of carbonyl (C=O) groups is 1. The number of aliphatic hydroxyl groups excluding tert-OH is 1. The van der Waals surface area contributed by atoms with E-state index in [-0.39, 0.29) is 14.9 Å². The van der Waals surface area contributed by atoms with Crippen molar-refractivity contribution in [3.8, 4) is 0 Å². The minimum absolute atomic E-state index is 0.00136. The lowest BCUT2D eigenvalue weighted by Crippen LogP contribution is -2.45. The molecule has 3 N–H and O–H groups in total. The fraction of sp³-hybridized carbons (Fsp3) is 0.462. The molecule has 1 aliphatic rings. The Morgan fingerprint density at radius 1 is 1.29 bits per heavy atom. The Labute approximate surface area is 131 Å². The lowest BCUT2D eigenvalue weighted by Gasteiger charge is -2.28. The van der Waals surface area contributed by atoms with Crippen LogP contribution in [0.5, 0.6) is 0 Å². The predicted molar refractivity (Wildman–Crippen MR) is 79.7 cm³/mol. The molecule has 0 radical (unpaired) electrons. The standard InChI is InChI=1S/C13H16BrNO5S/c14-9-7-8(13(17)18)5-6-12(9)21(19,20)15-10-3-1-2-4-11(10)16/h5-7,10-11,15-16H,1-4H2,(H,17,18)/t10-,11-/m0/s1. The molecular weight excluding hydrogens is 362 g/mol. The molecule has 0 aliphatic heterocycles. The molecule has 1 fully saturated rings. The van der Waals surface area contributed by atoms with E-state index < -0.39 is 28.1 Å². The summed E-state index contributed by atoms with van der Waals surface area (Å²) in [5.74, 6) is -1.13. The first-order valence-electron chi connectivity index (χ1n) is 6.54. The Balaban J connectivity index is 2.25. The van der Waals surface area contributed by atoms with E-state index in [0.717, 1.165) is 12.8 Å². The molecule has 0 unspecified atom stereocenters. The fourth-order valence-electron chi connectivity index (χ4n) is 2.36. The molecule has 1 aromatic carbocycles. The SMILES string of the molecule is O=C(O)c1ccc(S(=O)(=O)N[C@H]2CCCC[C@@H]2O)c(Br)c1. The Morgan fingerprint density at radius 3 is 2.52 bits per heavy atom. The smallest absolute Gasteiger partial charge is 0.335 e. The van der Waals surface area contributed by atoms with Crippen LogP contribution in [0.25, 0.3) is 0 Å². The molecule has 1 aromatic rings. The van der Waals surface area contributed by atoms with Gasteiger partial charge in [0.25, 0.3) is 0 Å². The molecule has 0 amide bonds. The number of hydrogen-bond acceptors (Lipinski definition) is 4. The number of halogens is 1. The number of carboxylic acids is 1. The molecule has 0 saturated heterocycles. The number of benzene rings is 1. The van der Waals surface area contributed by atoms with Crippen LogP contribution in [0.1, 0.15) is 36.0 Å². The number of aromatic carboxylic acids is 1. The molecule has 2 atom stereocenters. The normalized spacial score (nSPS) is 23.0. The van der Waals surface area contributed by atoms with Crippen molar-refractivity contribution in [2.45, 2.75) is 42.7 Å². The molecular formula is C13H16BrNO5S. The van der Waals surface area contributed by atoms with Gasteiger partial charge in [-0.2, -0.15) is 0 Å². The topological polar surface area (TPSA) is 104 Å². The van der Waals surface area contributed by atoms with Gasteiger partial charge in [-0.05, 0) is 47.0 Å². The monoisotopic (exact) mass is 377 g/mol. The van der Waals surface area contributed by atoms with Gasteiger partial charge < -0.3 is 10.2 Å². The van der Waals surface area contributed by atoms with Gasteiger partial charge in [-0.25, -0.2) is 17.9 Å². The number of sulfonamides is 1. The molecule has 116 valence electrons. The molecule has 1 saturated carbocycles. The number of aliphatic hydroxyl groups is 1. The third-order valence-corrected chi connectivity index (χ3v) is 5.97. The van der Waals surface area contributed by atoms with E-state index in [9.17, 15) is 18.3 Å². The van der Waals surface area contributed by atoms with Gasteiger partial charge in [-0.1, -0.05) is 12.8 Å². The van der Waals surface area contributed by atoms with E-state index in [2.05, 4.69) is 20.7 Å². The Bertz CT molecular complexity index is 646. The fourth-order valence-corrected chi connectivity index (χ4v) is 4.74. The number of nitrogens with one attached hydrogen (secondary N) is 1. The van der Waals surface area contributed by atoms with Crippen LogP contribution in [0.4, 0.5) is 0 Å². The first-order chi connectivity index (χ1) is 9.81. The highest BCUT2D eigenvalue weighted by molar-refractivity contribution is 9.10. The van der Waals surface area contributed by atoms with Gasteiger partial charge in [0, 0.05) is 10.5 Å². The van der Waals surface area contributed by atoms with Crippen LogP contribution in [-0.4, -0.2) is 36.7 Å². The average Bonchev–Trinajstić information content (AvgIpc) is 2.40. The molecule has 6 nitrogen and oxygen atoms in total. The minimum Gasteiger partial charge on any atom is -0.478 e. The lowest BCUT2D eigenvalue weighted by atomic mass is 9.93. The molecule has 0 spiro atoms. The van der Waals surface area contributed by atoms with Crippen LogP contribution in [0.15, 0.2) is 27.6 Å². The molecule has 0 heterocycles. The van der Waals surface area contributed by atoms with Crippen LogP contribution in [0.3, 0.4) is 0 Å². The second kappa shape index (κ2) is 6.43. The van der Waals surface area contributed by atoms with Crippen molar-refractivity contribution in [2.75, 3.05) is 0 Å². The van der Waals surface area contributed by atoms with Crippen molar-refractivity contribution < 1.29 is 23.4 Å². The van der Waals surface area contributed by atoms with Crippen LogP contribution in [-0.2, 0) is 10.0 Å². The summed E-state index contributed by atoms with van der Waals surface area (Å²) in [6.07, 6.45) is 2.22. The van der Waals surface area contributed by atoms with Gasteiger partial charge in [0.15, 0.2) is 0 Å². The summed E-state index contributed by atoms with van der Waals surface area (Å²) in [6, 6.07) is 3.22. The van der Waals surface area contributed by atoms with E-state index in [1.165, 1.54) is 18.2 Å².